The SMILES string of the molecule is CC(=O)OC1[C@@H](OC(C)=O)CC(OC(C)=O)(C(=O)N2CCC[C@@H]2C(=O)N[C@@H](CC(C)C)C(=O)NCC(N)=O)C[C@@H]1OC(C)=O. The molecule has 0 aromatic rings. The minimum atomic E-state index is -2.08. The highest BCUT2D eigenvalue weighted by Gasteiger charge is 2.59. The normalized spacial score (nSPS) is 25.3. The molecular weight excluding hydrogens is 584 g/mol. The molecule has 246 valence electrons. The number of hydrogen-bond acceptors (Lipinski definition) is 12. The summed E-state index contributed by atoms with van der Waals surface area (Å²) in [5, 5.41) is 5.02. The van der Waals surface area contributed by atoms with Gasteiger partial charge in [0.05, 0.1) is 6.54 Å². The van der Waals surface area contributed by atoms with E-state index in [1.54, 1.807) is 0 Å². The van der Waals surface area contributed by atoms with Crippen molar-refractivity contribution in [3.8, 4) is 0 Å². The number of likely N-dealkylation sites (tertiary alicyclic amines) is 1. The first-order valence-electron chi connectivity index (χ1n) is 14.3. The summed E-state index contributed by atoms with van der Waals surface area (Å²) in [6, 6.07) is -2.12. The van der Waals surface area contributed by atoms with Crippen LogP contribution >= 0.6 is 0 Å². The topological polar surface area (TPSA) is 227 Å². The Morgan fingerprint density at radius 3 is 1.86 bits per heavy atom. The van der Waals surface area contributed by atoms with E-state index >= 15 is 0 Å². The Balaban J connectivity index is 2.46. The Bertz CT molecular complexity index is 1130. The van der Waals surface area contributed by atoms with Gasteiger partial charge in [-0.05, 0) is 25.2 Å². The maximum absolute atomic E-state index is 14.3. The smallest absolute Gasteiger partial charge is 0.303 e. The van der Waals surface area contributed by atoms with Gasteiger partial charge in [-0.2, -0.15) is 0 Å². The number of esters is 4. The number of hydrogen-bond donors (Lipinski definition) is 3. The molecule has 0 bridgehead atoms. The van der Waals surface area contributed by atoms with Crippen LogP contribution in [-0.4, -0.2) is 101 Å². The molecule has 44 heavy (non-hydrogen) atoms. The largest absolute Gasteiger partial charge is 0.458 e. The Labute approximate surface area is 255 Å². The molecule has 2 aliphatic rings. The number of carbonyl (C=O) groups excluding carboxylic acids is 8. The second-order valence-electron chi connectivity index (χ2n) is 11.4. The van der Waals surface area contributed by atoms with Crippen LogP contribution in [0.25, 0.3) is 0 Å². The number of nitrogens with two attached hydrogens (primary N) is 1. The minimum Gasteiger partial charge on any atom is -0.458 e. The molecular formula is C28H42N4O12. The highest BCUT2D eigenvalue weighted by Crippen LogP contribution is 2.40. The third-order valence-electron chi connectivity index (χ3n) is 7.05. The second kappa shape index (κ2) is 15.5. The van der Waals surface area contributed by atoms with Gasteiger partial charge in [-0.25, -0.2) is 0 Å². The standard InChI is InChI=1S/C28H42N4O12/c1-14(2)10-19(25(38)30-13-23(29)37)31-26(39)20-8-7-9-32(20)27(40)28(44-18(6)36)11-21(41-15(3)33)24(43-17(5)35)22(12-28)42-16(4)34/h14,19-22,24H,7-13H2,1-6H3,(H2,29,37)(H,30,38)(H,31,39)/t19-,20+,21-,22-,24?,28?/m0/s1. The Morgan fingerprint density at radius 1 is 0.864 bits per heavy atom. The fourth-order valence-electron chi connectivity index (χ4n) is 5.58. The van der Waals surface area contributed by atoms with Crippen molar-refractivity contribution in [1.82, 2.24) is 15.5 Å². The van der Waals surface area contributed by atoms with Gasteiger partial charge in [0.25, 0.3) is 5.91 Å². The van der Waals surface area contributed by atoms with E-state index in [-0.39, 0.29) is 25.3 Å². The van der Waals surface area contributed by atoms with Crippen molar-refractivity contribution in [2.45, 2.75) is 110 Å². The number of nitrogens with zero attached hydrogens (tertiary/aromatic N) is 1. The second-order valence-corrected chi connectivity index (χ2v) is 11.4. The summed E-state index contributed by atoms with van der Waals surface area (Å²) in [5.74, 6) is -6.16. The van der Waals surface area contributed by atoms with Crippen molar-refractivity contribution < 1.29 is 57.3 Å². The molecule has 1 aliphatic heterocycles. The predicted octanol–water partition coefficient (Wildman–Crippen LogP) is -0.999. The molecule has 0 spiro atoms. The van der Waals surface area contributed by atoms with Crippen LogP contribution in [0.2, 0.25) is 0 Å². The Morgan fingerprint density at radius 2 is 1.41 bits per heavy atom. The van der Waals surface area contributed by atoms with Gasteiger partial charge in [-0.1, -0.05) is 13.8 Å². The molecule has 0 radical (unpaired) electrons. The van der Waals surface area contributed by atoms with Gasteiger partial charge < -0.3 is 40.2 Å². The van der Waals surface area contributed by atoms with E-state index in [1.807, 2.05) is 13.8 Å². The monoisotopic (exact) mass is 626 g/mol. The van der Waals surface area contributed by atoms with Crippen LogP contribution in [0.1, 0.15) is 73.6 Å². The van der Waals surface area contributed by atoms with E-state index in [1.165, 1.54) is 4.90 Å². The van der Waals surface area contributed by atoms with Crippen molar-refractivity contribution in [3.05, 3.63) is 0 Å². The number of nitrogens with one attached hydrogen (secondary N) is 2. The summed E-state index contributed by atoms with van der Waals surface area (Å²) in [6.45, 7) is 7.65. The summed E-state index contributed by atoms with van der Waals surface area (Å²) in [6.07, 6.45) is -4.14. The fourth-order valence-corrected chi connectivity index (χ4v) is 5.58. The van der Waals surface area contributed by atoms with Gasteiger partial charge in [-0.15, -0.1) is 0 Å². The number of rotatable bonds is 12. The minimum absolute atomic E-state index is 0.0306. The molecule has 1 saturated carbocycles. The molecule has 0 unspecified atom stereocenters. The van der Waals surface area contributed by atoms with E-state index in [4.69, 9.17) is 24.7 Å². The average molecular weight is 627 g/mol. The van der Waals surface area contributed by atoms with Crippen LogP contribution in [0.15, 0.2) is 0 Å². The van der Waals surface area contributed by atoms with Crippen molar-refractivity contribution in [2.24, 2.45) is 11.7 Å². The lowest BCUT2D eigenvalue weighted by Gasteiger charge is -2.46. The first kappa shape index (κ1) is 36.0. The maximum Gasteiger partial charge on any atom is 0.303 e. The third kappa shape index (κ3) is 9.91. The Kier molecular flexibility index (Phi) is 12.6. The van der Waals surface area contributed by atoms with Gasteiger partial charge in [0, 0.05) is 47.1 Å². The van der Waals surface area contributed by atoms with Crippen LogP contribution in [0.4, 0.5) is 0 Å². The van der Waals surface area contributed by atoms with Crippen LogP contribution in [0.3, 0.4) is 0 Å². The molecule has 2 rings (SSSR count). The van der Waals surface area contributed by atoms with Crippen LogP contribution in [0.5, 0.6) is 0 Å². The number of carbonyl (C=O) groups is 8. The van der Waals surface area contributed by atoms with E-state index < -0.39 is 103 Å². The molecule has 16 heteroatoms. The quantitative estimate of drug-likeness (QED) is 0.175. The lowest BCUT2D eigenvalue weighted by Crippen LogP contribution is -2.64. The summed E-state index contributed by atoms with van der Waals surface area (Å²) in [4.78, 5) is 101. The van der Waals surface area contributed by atoms with Crippen LogP contribution < -0.4 is 16.4 Å². The summed E-state index contributed by atoms with van der Waals surface area (Å²) < 4.78 is 21.7. The zero-order valence-electron chi connectivity index (χ0n) is 25.8. The molecule has 1 heterocycles. The van der Waals surface area contributed by atoms with Gasteiger partial charge >= 0.3 is 23.9 Å². The van der Waals surface area contributed by atoms with Crippen molar-refractivity contribution in [3.63, 3.8) is 0 Å². The zero-order chi connectivity index (χ0) is 33.4. The van der Waals surface area contributed by atoms with Gasteiger partial charge in [0.1, 0.15) is 24.3 Å². The van der Waals surface area contributed by atoms with Crippen molar-refractivity contribution in [2.75, 3.05) is 13.1 Å². The molecule has 1 saturated heterocycles. The average Bonchev–Trinajstić information content (AvgIpc) is 3.37. The number of ether oxygens (including phenoxy) is 4. The molecule has 4 atom stereocenters. The maximum atomic E-state index is 14.3. The van der Waals surface area contributed by atoms with Gasteiger partial charge in [0.15, 0.2) is 11.7 Å². The molecule has 2 fully saturated rings. The first-order valence-corrected chi connectivity index (χ1v) is 14.3. The molecule has 0 aromatic carbocycles. The molecule has 1 aliphatic carbocycles. The fraction of sp³-hybridized carbons (Fsp3) is 0.714. The summed E-state index contributed by atoms with van der Waals surface area (Å²) in [7, 11) is 0. The lowest BCUT2D eigenvalue weighted by atomic mass is 9.77. The summed E-state index contributed by atoms with van der Waals surface area (Å²) in [5.41, 5.74) is 3.03. The van der Waals surface area contributed by atoms with Crippen molar-refractivity contribution >= 4 is 47.5 Å². The number of amides is 4. The molecule has 0 aromatic heterocycles. The van der Waals surface area contributed by atoms with E-state index in [0.717, 1.165) is 27.7 Å². The lowest BCUT2D eigenvalue weighted by molar-refractivity contribution is -0.218. The van der Waals surface area contributed by atoms with Crippen LogP contribution in [0, 0.1) is 5.92 Å². The Hall–Kier alpha value is -4.24. The zero-order valence-corrected chi connectivity index (χ0v) is 25.8. The molecule has 16 nitrogen and oxygen atoms in total. The highest BCUT2D eigenvalue weighted by molar-refractivity contribution is 5.96. The van der Waals surface area contributed by atoms with E-state index in [9.17, 15) is 38.4 Å². The van der Waals surface area contributed by atoms with Gasteiger partial charge in [0.2, 0.25) is 17.7 Å². The third-order valence-corrected chi connectivity index (χ3v) is 7.05. The van der Waals surface area contributed by atoms with E-state index in [0.29, 0.717) is 6.42 Å². The molecule has 4 N–H and O–H groups in total. The van der Waals surface area contributed by atoms with Gasteiger partial charge in [-0.3, -0.25) is 38.4 Å². The van der Waals surface area contributed by atoms with Crippen molar-refractivity contribution in [1.29, 1.82) is 0 Å². The van der Waals surface area contributed by atoms with E-state index in [2.05, 4.69) is 10.6 Å². The summed E-state index contributed by atoms with van der Waals surface area (Å²) >= 11 is 0. The predicted molar refractivity (Wildman–Crippen MR) is 149 cm³/mol. The molecule has 4 amide bonds. The number of primary amides is 1. The van der Waals surface area contributed by atoms with Crippen LogP contribution in [-0.2, 0) is 57.3 Å². The highest BCUT2D eigenvalue weighted by atomic mass is 16.6. The first-order chi connectivity index (χ1) is 20.4.